The van der Waals surface area contributed by atoms with Gasteiger partial charge in [0.2, 0.25) is 0 Å². The van der Waals surface area contributed by atoms with Crippen LogP contribution in [0.4, 0.5) is 10.8 Å². The van der Waals surface area contributed by atoms with Gasteiger partial charge >= 0.3 is 0 Å². The quantitative estimate of drug-likeness (QED) is 0.760. The first kappa shape index (κ1) is 15.1. The molecule has 1 aromatic rings. The topological polar surface area (TPSA) is 91.5 Å². The summed E-state index contributed by atoms with van der Waals surface area (Å²) in [6.45, 7) is 0.567. The number of anilines is 2. The van der Waals surface area contributed by atoms with Crippen molar-refractivity contribution in [1.82, 2.24) is 9.69 Å². The molecule has 0 saturated heterocycles. The molecule has 0 unspecified atom stereocenters. The van der Waals surface area contributed by atoms with E-state index in [-0.39, 0.29) is 18.3 Å². The number of aliphatic hydroxyl groups is 1. The van der Waals surface area contributed by atoms with Crippen LogP contribution in [0.5, 0.6) is 0 Å². The highest BCUT2D eigenvalue weighted by molar-refractivity contribution is 7.11. The molecule has 112 valence electrons. The third kappa shape index (κ3) is 3.04. The monoisotopic (exact) mass is 298 g/mol. The van der Waals surface area contributed by atoms with Crippen molar-refractivity contribution < 1.29 is 9.90 Å². The maximum Gasteiger partial charge on any atom is 0.257 e. The summed E-state index contributed by atoms with van der Waals surface area (Å²) in [4.78, 5) is 14.1. The normalized spacial score (nSPS) is 16.1. The third-order valence-corrected chi connectivity index (χ3v) is 4.67. The molecule has 1 aliphatic rings. The fraction of sp³-hybridized carbons (Fsp3) is 0.692. The largest absolute Gasteiger partial charge is 0.395 e. The Hall–Kier alpha value is -1.34. The van der Waals surface area contributed by atoms with Crippen molar-refractivity contribution in [1.29, 1.82) is 0 Å². The zero-order valence-electron chi connectivity index (χ0n) is 11.8. The molecule has 20 heavy (non-hydrogen) atoms. The van der Waals surface area contributed by atoms with Gasteiger partial charge in [-0.3, -0.25) is 4.79 Å². The fourth-order valence-electron chi connectivity index (χ4n) is 2.78. The number of carbonyl (C=O) groups excluding carboxylic acids is 1. The lowest BCUT2D eigenvalue weighted by atomic mass is 9.94. The number of aliphatic hydroxyl groups excluding tert-OH is 1. The average Bonchev–Trinajstić information content (AvgIpc) is 2.86. The van der Waals surface area contributed by atoms with Gasteiger partial charge in [-0.15, -0.1) is 0 Å². The molecule has 4 N–H and O–H groups in total. The summed E-state index contributed by atoms with van der Waals surface area (Å²) in [6, 6.07) is 0.360. The number of carbonyl (C=O) groups is 1. The summed E-state index contributed by atoms with van der Waals surface area (Å²) in [5.74, 6) is 0.0492. The van der Waals surface area contributed by atoms with Crippen LogP contribution in [0, 0.1) is 0 Å². The van der Waals surface area contributed by atoms with E-state index in [1.54, 1.807) is 7.05 Å². The summed E-state index contributed by atoms with van der Waals surface area (Å²) in [6.07, 6.45) is 5.82. The molecule has 0 bridgehead atoms. The lowest BCUT2D eigenvalue weighted by molar-refractivity contribution is 0.0964. The van der Waals surface area contributed by atoms with Crippen LogP contribution >= 0.6 is 11.5 Å². The Morgan fingerprint density at radius 3 is 2.80 bits per heavy atom. The van der Waals surface area contributed by atoms with Crippen molar-refractivity contribution in [2.24, 2.45) is 0 Å². The van der Waals surface area contributed by atoms with Gasteiger partial charge < -0.3 is 21.1 Å². The van der Waals surface area contributed by atoms with E-state index in [2.05, 4.69) is 14.6 Å². The van der Waals surface area contributed by atoms with Crippen LogP contribution in [0.2, 0.25) is 0 Å². The van der Waals surface area contributed by atoms with Gasteiger partial charge in [0, 0.05) is 19.6 Å². The van der Waals surface area contributed by atoms with E-state index in [0.717, 1.165) is 17.8 Å². The number of aromatic nitrogens is 1. The van der Waals surface area contributed by atoms with Crippen molar-refractivity contribution in [3.05, 3.63) is 5.56 Å². The zero-order chi connectivity index (χ0) is 14.5. The third-order valence-electron chi connectivity index (χ3n) is 3.77. The predicted molar refractivity (Wildman–Crippen MR) is 81.2 cm³/mol. The van der Waals surface area contributed by atoms with Crippen LogP contribution in [0.3, 0.4) is 0 Å². The highest BCUT2D eigenvalue weighted by Gasteiger charge is 2.28. The van der Waals surface area contributed by atoms with Crippen molar-refractivity contribution in [2.45, 2.75) is 38.1 Å². The number of nitrogens with two attached hydrogens (primary N) is 1. The minimum absolute atomic E-state index is 0.0570. The fourth-order valence-corrected chi connectivity index (χ4v) is 3.69. The maximum absolute atomic E-state index is 12.0. The molecule has 0 aliphatic heterocycles. The highest BCUT2D eigenvalue weighted by atomic mass is 32.1. The molecule has 0 atom stereocenters. The Bertz CT molecular complexity index is 457. The lowest BCUT2D eigenvalue weighted by Gasteiger charge is -2.35. The van der Waals surface area contributed by atoms with Crippen LogP contribution in [0.1, 0.15) is 42.5 Å². The smallest absolute Gasteiger partial charge is 0.257 e. The second-order valence-electron chi connectivity index (χ2n) is 5.04. The summed E-state index contributed by atoms with van der Waals surface area (Å²) < 4.78 is 4.12. The summed E-state index contributed by atoms with van der Waals surface area (Å²) in [5, 5.41) is 12.7. The van der Waals surface area contributed by atoms with Crippen LogP contribution in [0.15, 0.2) is 0 Å². The van der Waals surface area contributed by atoms with Gasteiger partial charge in [0.15, 0.2) is 5.82 Å². The molecule has 1 amide bonds. The van der Waals surface area contributed by atoms with Crippen molar-refractivity contribution in [3.8, 4) is 0 Å². The van der Waals surface area contributed by atoms with Gasteiger partial charge in [0.25, 0.3) is 5.91 Å². The van der Waals surface area contributed by atoms with Crippen LogP contribution < -0.4 is 16.0 Å². The van der Waals surface area contributed by atoms with Crippen LogP contribution in [-0.2, 0) is 0 Å². The molecule has 1 aromatic heterocycles. The van der Waals surface area contributed by atoms with Crippen LogP contribution in [0.25, 0.3) is 0 Å². The molecule has 2 rings (SSSR count). The summed E-state index contributed by atoms with van der Waals surface area (Å²) in [5.41, 5.74) is 6.27. The Balaban J connectivity index is 2.31. The van der Waals surface area contributed by atoms with E-state index in [9.17, 15) is 9.90 Å². The number of rotatable bonds is 5. The molecule has 1 heterocycles. The van der Waals surface area contributed by atoms with E-state index in [0.29, 0.717) is 18.2 Å². The molecule has 1 saturated carbocycles. The van der Waals surface area contributed by atoms with Crippen molar-refractivity contribution >= 4 is 28.3 Å². The molecule has 1 fully saturated rings. The summed E-state index contributed by atoms with van der Waals surface area (Å²) >= 11 is 1.24. The summed E-state index contributed by atoms with van der Waals surface area (Å²) in [7, 11) is 1.58. The SMILES string of the molecule is CNC(=O)c1c(N)nsc1N(CCO)C1CCCCC1. The van der Waals surface area contributed by atoms with Crippen molar-refractivity contribution in [3.63, 3.8) is 0 Å². The van der Waals surface area contributed by atoms with E-state index in [1.165, 1.54) is 30.8 Å². The van der Waals surface area contributed by atoms with Crippen molar-refractivity contribution in [2.75, 3.05) is 30.8 Å². The van der Waals surface area contributed by atoms with Crippen LogP contribution in [-0.4, -0.2) is 41.6 Å². The first-order chi connectivity index (χ1) is 9.69. The number of nitrogens with zero attached hydrogens (tertiary/aromatic N) is 2. The predicted octanol–water partition coefficient (Wildman–Crippen LogP) is 1.22. The van der Waals surface area contributed by atoms with Gasteiger partial charge in [0.1, 0.15) is 10.6 Å². The molecule has 7 heteroatoms. The Labute approximate surface area is 123 Å². The number of hydrogen-bond donors (Lipinski definition) is 3. The molecular formula is C13H22N4O2S. The lowest BCUT2D eigenvalue weighted by Crippen LogP contribution is -2.39. The Morgan fingerprint density at radius 1 is 1.50 bits per heavy atom. The first-order valence-electron chi connectivity index (χ1n) is 7.03. The van der Waals surface area contributed by atoms with E-state index >= 15 is 0 Å². The maximum atomic E-state index is 12.0. The molecule has 6 nitrogen and oxygen atoms in total. The van der Waals surface area contributed by atoms with Gasteiger partial charge in [-0.25, -0.2) is 0 Å². The van der Waals surface area contributed by atoms with Gasteiger partial charge in [-0.2, -0.15) is 4.37 Å². The minimum atomic E-state index is -0.218. The van der Waals surface area contributed by atoms with Gasteiger partial charge in [-0.1, -0.05) is 19.3 Å². The molecule has 0 radical (unpaired) electrons. The number of nitrogen functional groups attached to an aromatic ring is 1. The Morgan fingerprint density at radius 2 is 2.20 bits per heavy atom. The molecule has 0 spiro atoms. The van der Waals surface area contributed by atoms with E-state index in [4.69, 9.17) is 5.73 Å². The Kier molecular flexibility index (Phi) is 5.19. The van der Waals surface area contributed by atoms with E-state index in [1.807, 2.05) is 0 Å². The number of amides is 1. The highest BCUT2D eigenvalue weighted by Crippen LogP contribution is 2.35. The molecule has 0 aromatic carbocycles. The number of nitrogens with one attached hydrogen (secondary N) is 1. The first-order valence-corrected chi connectivity index (χ1v) is 7.81. The standard InChI is InChI=1S/C13H22N4O2S/c1-15-12(19)10-11(14)16-20-13(10)17(7-8-18)9-5-3-2-4-6-9/h9,18H,2-8H2,1H3,(H2,14,16)(H,15,19). The van der Waals surface area contributed by atoms with E-state index < -0.39 is 0 Å². The average molecular weight is 298 g/mol. The molecule has 1 aliphatic carbocycles. The zero-order valence-corrected chi connectivity index (χ0v) is 12.6. The number of hydrogen-bond acceptors (Lipinski definition) is 6. The van der Waals surface area contributed by atoms with Gasteiger partial charge in [-0.05, 0) is 24.4 Å². The molecular weight excluding hydrogens is 276 g/mol. The minimum Gasteiger partial charge on any atom is -0.395 e. The van der Waals surface area contributed by atoms with Gasteiger partial charge in [0.05, 0.1) is 6.61 Å². The second kappa shape index (κ2) is 6.90. The second-order valence-corrected chi connectivity index (χ2v) is 5.79.